The quantitative estimate of drug-likeness (QED) is 0.871. The fourth-order valence-electron chi connectivity index (χ4n) is 1.90. The van der Waals surface area contributed by atoms with Gasteiger partial charge in [-0.15, -0.1) is 0 Å². The van der Waals surface area contributed by atoms with E-state index in [1.807, 2.05) is 19.2 Å². The Morgan fingerprint density at radius 1 is 1.21 bits per heavy atom. The van der Waals surface area contributed by atoms with Crippen LogP contribution in [0.5, 0.6) is 5.75 Å². The molecule has 1 heterocycles. The Morgan fingerprint density at radius 3 is 2.47 bits per heavy atom. The number of rotatable bonds is 6. The lowest BCUT2D eigenvalue weighted by Gasteiger charge is -2.16. The molecule has 2 rings (SSSR count). The van der Waals surface area contributed by atoms with Crippen molar-refractivity contribution in [2.24, 2.45) is 0 Å². The van der Waals surface area contributed by atoms with Crippen molar-refractivity contribution in [3.63, 3.8) is 0 Å². The number of furan rings is 1. The summed E-state index contributed by atoms with van der Waals surface area (Å²) in [7, 11) is 1.84. The molecule has 2 aromatic rings. The lowest BCUT2D eigenvalue weighted by atomic mass is 10.0. The smallest absolute Gasteiger partial charge is 0.387 e. The third-order valence-corrected chi connectivity index (χ3v) is 2.84. The Bertz CT molecular complexity index is 483. The highest BCUT2D eigenvalue weighted by molar-refractivity contribution is 5.29. The highest BCUT2D eigenvalue weighted by Crippen LogP contribution is 2.22. The summed E-state index contributed by atoms with van der Waals surface area (Å²) in [6.07, 6.45) is 2.32. The Morgan fingerprint density at radius 2 is 1.95 bits per heavy atom. The number of nitrogens with one attached hydrogen (secondary N) is 1. The molecule has 0 radical (unpaired) electrons. The molecular weight excluding hydrogens is 252 g/mol. The number of ether oxygens (including phenoxy) is 1. The van der Waals surface area contributed by atoms with E-state index >= 15 is 0 Å². The summed E-state index contributed by atoms with van der Waals surface area (Å²) in [5.74, 6) is 1.03. The predicted octanol–water partition coefficient (Wildman–Crippen LogP) is 3.38. The van der Waals surface area contributed by atoms with E-state index in [0.717, 1.165) is 11.3 Å². The van der Waals surface area contributed by atoms with Crippen LogP contribution in [0.4, 0.5) is 8.78 Å². The second kappa shape index (κ2) is 6.33. The van der Waals surface area contributed by atoms with Crippen LogP contribution in [0.25, 0.3) is 0 Å². The first-order valence-corrected chi connectivity index (χ1v) is 5.93. The van der Waals surface area contributed by atoms with Gasteiger partial charge in [0.15, 0.2) is 0 Å². The van der Waals surface area contributed by atoms with E-state index in [1.54, 1.807) is 18.4 Å². The summed E-state index contributed by atoms with van der Waals surface area (Å²) in [4.78, 5) is 0. The van der Waals surface area contributed by atoms with Gasteiger partial charge in [0.1, 0.15) is 11.5 Å². The summed E-state index contributed by atoms with van der Waals surface area (Å²) in [5, 5.41) is 3.17. The van der Waals surface area contributed by atoms with E-state index in [0.29, 0.717) is 6.42 Å². The maximum Gasteiger partial charge on any atom is 0.387 e. The van der Waals surface area contributed by atoms with Crippen molar-refractivity contribution in [2.45, 2.75) is 19.1 Å². The van der Waals surface area contributed by atoms with Crippen molar-refractivity contribution in [1.82, 2.24) is 5.32 Å². The molecule has 0 spiro atoms. The second-order valence-corrected chi connectivity index (χ2v) is 4.07. The van der Waals surface area contributed by atoms with Crippen LogP contribution in [0, 0.1) is 0 Å². The molecule has 0 fully saturated rings. The maximum absolute atomic E-state index is 12.1. The number of hydrogen-bond donors (Lipinski definition) is 1. The zero-order valence-electron chi connectivity index (χ0n) is 10.5. The minimum Gasteiger partial charge on any atom is -0.469 e. The molecule has 0 aliphatic heterocycles. The molecule has 0 saturated heterocycles. The molecule has 3 nitrogen and oxygen atoms in total. The van der Waals surface area contributed by atoms with Crippen LogP contribution in [-0.4, -0.2) is 13.7 Å². The van der Waals surface area contributed by atoms with E-state index in [1.165, 1.54) is 12.1 Å². The van der Waals surface area contributed by atoms with Gasteiger partial charge in [-0.2, -0.15) is 8.78 Å². The monoisotopic (exact) mass is 267 g/mol. The molecule has 0 aliphatic carbocycles. The van der Waals surface area contributed by atoms with E-state index < -0.39 is 6.61 Å². The fourth-order valence-corrected chi connectivity index (χ4v) is 1.90. The molecule has 102 valence electrons. The summed E-state index contributed by atoms with van der Waals surface area (Å²) < 4.78 is 33.7. The van der Waals surface area contributed by atoms with Crippen LogP contribution < -0.4 is 10.1 Å². The Hall–Kier alpha value is -1.88. The van der Waals surface area contributed by atoms with E-state index in [2.05, 4.69) is 10.1 Å². The predicted molar refractivity (Wildman–Crippen MR) is 67.3 cm³/mol. The third-order valence-electron chi connectivity index (χ3n) is 2.84. The average Bonchev–Trinajstić information content (AvgIpc) is 2.89. The molecule has 5 heteroatoms. The van der Waals surface area contributed by atoms with Gasteiger partial charge in [0.05, 0.1) is 6.26 Å². The Kier molecular flexibility index (Phi) is 4.52. The zero-order valence-corrected chi connectivity index (χ0v) is 10.5. The van der Waals surface area contributed by atoms with Crippen molar-refractivity contribution in [3.05, 3.63) is 54.0 Å². The highest BCUT2D eigenvalue weighted by Gasteiger charge is 2.12. The standard InChI is InChI=1S/C14H15F2NO2/c1-17-13(9-12-3-2-8-18-12)10-4-6-11(7-5-10)19-14(15)16/h2-8,13-14,17H,9H2,1H3. The van der Waals surface area contributed by atoms with Gasteiger partial charge in [0.25, 0.3) is 0 Å². The van der Waals surface area contributed by atoms with Crippen LogP contribution in [0.2, 0.25) is 0 Å². The maximum atomic E-state index is 12.1. The normalized spacial score (nSPS) is 12.6. The lowest BCUT2D eigenvalue weighted by molar-refractivity contribution is -0.0498. The molecule has 0 saturated carbocycles. The van der Waals surface area contributed by atoms with Gasteiger partial charge >= 0.3 is 6.61 Å². The van der Waals surface area contributed by atoms with Gasteiger partial charge in [-0.1, -0.05) is 12.1 Å². The molecule has 19 heavy (non-hydrogen) atoms. The third kappa shape index (κ3) is 3.79. The van der Waals surface area contributed by atoms with Crippen molar-refractivity contribution < 1.29 is 17.9 Å². The molecule has 0 aliphatic rings. The van der Waals surface area contributed by atoms with Crippen LogP contribution >= 0.6 is 0 Å². The largest absolute Gasteiger partial charge is 0.469 e. The van der Waals surface area contributed by atoms with E-state index in [-0.39, 0.29) is 11.8 Å². The number of likely N-dealkylation sites (N-methyl/N-ethyl adjacent to an activating group) is 1. The molecule has 0 amide bonds. The van der Waals surface area contributed by atoms with Crippen molar-refractivity contribution in [2.75, 3.05) is 7.05 Å². The molecule has 0 bridgehead atoms. The first-order chi connectivity index (χ1) is 9.19. The first kappa shape index (κ1) is 13.5. The van der Waals surface area contributed by atoms with Crippen molar-refractivity contribution >= 4 is 0 Å². The average molecular weight is 267 g/mol. The second-order valence-electron chi connectivity index (χ2n) is 4.07. The summed E-state index contributed by atoms with van der Waals surface area (Å²) in [6.45, 7) is -2.80. The number of benzene rings is 1. The van der Waals surface area contributed by atoms with Crippen LogP contribution in [0.3, 0.4) is 0 Å². The van der Waals surface area contributed by atoms with Crippen LogP contribution in [0.1, 0.15) is 17.4 Å². The van der Waals surface area contributed by atoms with Gasteiger partial charge in [-0.3, -0.25) is 0 Å². The Balaban J connectivity index is 2.06. The summed E-state index contributed by atoms with van der Waals surface area (Å²) in [6, 6.07) is 10.4. The van der Waals surface area contributed by atoms with Gasteiger partial charge in [-0.05, 0) is 36.9 Å². The van der Waals surface area contributed by atoms with E-state index in [9.17, 15) is 8.78 Å². The van der Waals surface area contributed by atoms with Gasteiger partial charge < -0.3 is 14.5 Å². The number of alkyl halides is 2. The zero-order chi connectivity index (χ0) is 13.7. The summed E-state index contributed by atoms with van der Waals surface area (Å²) >= 11 is 0. The summed E-state index contributed by atoms with van der Waals surface area (Å²) in [5.41, 5.74) is 0.987. The van der Waals surface area contributed by atoms with Crippen LogP contribution in [-0.2, 0) is 6.42 Å². The first-order valence-electron chi connectivity index (χ1n) is 5.93. The van der Waals surface area contributed by atoms with Gasteiger partial charge in [0.2, 0.25) is 0 Å². The molecule has 1 unspecified atom stereocenters. The van der Waals surface area contributed by atoms with E-state index in [4.69, 9.17) is 4.42 Å². The van der Waals surface area contributed by atoms with Crippen molar-refractivity contribution in [1.29, 1.82) is 0 Å². The topological polar surface area (TPSA) is 34.4 Å². The van der Waals surface area contributed by atoms with Crippen LogP contribution in [0.15, 0.2) is 47.1 Å². The fraction of sp³-hybridized carbons (Fsp3) is 0.286. The lowest BCUT2D eigenvalue weighted by Crippen LogP contribution is -2.18. The number of hydrogen-bond acceptors (Lipinski definition) is 3. The molecule has 1 atom stereocenters. The van der Waals surface area contributed by atoms with Crippen molar-refractivity contribution in [3.8, 4) is 5.75 Å². The molecule has 1 aromatic heterocycles. The SMILES string of the molecule is CNC(Cc1ccco1)c1ccc(OC(F)F)cc1. The molecule has 1 N–H and O–H groups in total. The minimum atomic E-state index is -2.80. The van der Waals surface area contributed by atoms with Gasteiger partial charge in [-0.25, -0.2) is 0 Å². The molecular formula is C14H15F2NO2. The molecule has 1 aromatic carbocycles. The minimum absolute atomic E-state index is 0.0618. The highest BCUT2D eigenvalue weighted by atomic mass is 19.3. The Labute approximate surface area is 110 Å². The van der Waals surface area contributed by atoms with Gasteiger partial charge in [0, 0.05) is 12.5 Å². The number of halogens is 2.